The molecule has 0 spiro atoms. The van der Waals surface area contributed by atoms with E-state index < -0.39 is 0 Å². The maximum atomic E-state index is 11.6. The van der Waals surface area contributed by atoms with Crippen LogP contribution in [0.5, 0.6) is 0 Å². The number of piperidine rings is 1. The molecule has 1 aromatic carbocycles. The fourth-order valence-corrected chi connectivity index (χ4v) is 3.57. The van der Waals surface area contributed by atoms with E-state index in [0.717, 1.165) is 44.3 Å². The molecular formula is C16H23N3O. The number of fused-ring (bicyclic) bond motifs is 1. The zero-order chi connectivity index (χ0) is 13.9. The second-order valence-corrected chi connectivity index (χ2v) is 5.86. The van der Waals surface area contributed by atoms with Crippen molar-refractivity contribution in [1.29, 1.82) is 0 Å². The highest BCUT2D eigenvalue weighted by molar-refractivity contribution is 5.66. The third-order valence-corrected chi connectivity index (χ3v) is 4.53. The topological polar surface area (TPSA) is 44.4 Å². The number of anilines is 1. The molecule has 0 saturated carbocycles. The van der Waals surface area contributed by atoms with Crippen LogP contribution in [0.1, 0.15) is 25.3 Å². The smallest absolute Gasteiger partial charge is 0.157 e. The third-order valence-electron chi connectivity index (χ3n) is 4.53. The Labute approximate surface area is 120 Å². The van der Waals surface area contributed by atoms with Crippen LogP contribution in [0.25, 0.3) is 0 Å². The van der Waals surface area contributed by atoms with Crippen molar-refractivity contribution < 1.29 is 4.79 Å². The van der Waals surface area contributed by atoms with Gasteiger partial charge < -0.3 is 10.6 Å². The van der Waals surface area contributed by atoms with Gasteiger partial charge in [-0.3, -0.25) is 9.69 Å². The van der Waals surface area contributed by atoms with Gasteiger partial charge in [0.05, 0.1) is 0 Å². The number of benzene rings is 1. The molecule has 20 heavy (non-hydrogen) atoms. The largest absolute Gasteiger partial charge is 0.363 e. The average molecular weight is 273 g/mol. The molecule has 3 rings (SSSR count). The van der Waals surface area contributed by atoms with E-state index in [4.69, 9.17) is 0 Å². The van der Waals surface area contributed by atoms with Crippen LogP contribution in [0, 0.1) is 0 Å². The summed E-state index contributed by atoms with van der Waals surface area (Å²) in [6.45, 7) is 4.33. The molecule has 0 amide bonds. The van der Waals surface area contributed by atoms with Crippen molar-refractivity contribution in [2.24, 2.45) is 0 Å². The van der Waals surface area contributed by atoms with E-state index in [1.54, 1.807) is 0 Å². The molecule has 2 heterocycles. The van der Waals surface area contributed by atoms with Crippen LogP contribution in [0.4, 0.5) is 5.69 Å². The van der Waals surface area contributed by atoms with Gasteiger partial charge in [-0.1, -0.05) is 18.2 Å². The predicted octanol–water partition coefficient (Wildman–Crippen LogP) is 1.62. The fraction of sp³-hybridized carbons (Fsp3) is 0.562. The van der Waals surface area contributed by atoms with E-state index in [-0.39, 0.29) is 6.17 Å². The van der Waals surface area contributed by atoms with Crippen molar-refractivity contribution in [2.45, 2.75) is 44.4 Å². The normalized spacial score (nSPS) is 28.2. The molecule has 0 bridgehead atoms. The summed E-state index contributed by atoms with van der Waals surface area (Å²) >= 11 is 0. The number of para-hydroxylation sites is 1. The highest BCUT2D eigenvalue weighted by Gasteiger charge is 2.33. The number of hydrogen-bond acceptors (Lipinski definition) is 4. The van der Waals surface area contributed by atoms with E-state index in [1.807, 2.05) is 6.07 Å². The Morgan fingerprint density at radius 3 is 2.75 bits per heavy atom. The quantitative estimate of drug-likeness (QED) is 0.804. The lowest BCUT2D eigenvalue weighted by atomic mass is 9.99. The molecule has 2 aliphatic rings. The van der Waals surface area contributed by atoms with Gasteiger partial charge in [0.1, 0.15) is 6.17 Å². The van der Waals surface area contributed by atoms with Crippen LogP contribution in [-0.2, 0) is 11.2 Å². The lowest BCUT2D eigenvalue weighted by Gasteiger charge is -2.40. The highest BCUT2D eigenvalue weighted by Crippen LogP contribution is 2.28. The van der Waals surface area contributed by atoms with Crippen molar-refractivity contribution in [3.05, 3.63) is 29.8 Å². The molecule has 2 unspecified atom stereocenters. The van der Waals surface area contributed by atoms with Gasteiger partial charge >= 0.3 is 0 Å². The second kappa shape index (κ2) is 5.94. The summed E-state index contributed by atoms with van der Waals surface area (Å²) in [5.74, 6) is 0. The van der Waals surface area contributed by atoms with Crippen LogP contribution in [0.2, 0.25) is 0 Å². The molecule has 4 heteroatoms. The zero-order valence-corrected chi connectivity index (χ0v) is 12.0. The maximum absolute atomic E-state index is 11.6. The first-order chi connectivity index (χ1) is 9.79. The van der Waals surface area contributed by atoms with Crippen molar-refractivity contribution >= 4 is 12.0 Å². The van der Waals surface area contributed by atoms with Crippen LogP contribution in [0.15, 0.2) is 24.3 Å². The number of hydrogen-bond donors (Lipinski definition) is 2. The lowest BCUT2D eigenvalue weighted by Crippen LogP contribution is -2.54. The Morgan fingerprint density at radius 1 is 1.25 bits per heavy atom. The Kier molecular flexibility index (Phi) is 4.03. The van der Waals surface area contributed by atoms with E-state index in [9.17, 15) is 4.79 Å². The summed E-state index contributed by atoms with van der Waals surface area (Å²) < 4.78 is 0. The number of nitrogens with zero attached hydrogens (tertiary/aromatic N) is 1. The monoisotopic (exact) mass is 273 g/mol. The minimum absolute atomic E-state index is 0.211. The van der Waals surface area contributed by atoms with Gasteiger partial charge in [0.2, 0.25) is 0 Å². The number of carbonyl (C=O) groups excluding carboxylic acids is 1. The minimum Gasteiger partial charge on any atom is -0.363 e. The predicted molar refractivity (Wildman–Crippen MR) is 80.8 cm³/mol. The standard InChI is InChI=1S/C16H23N3O/c1-12-10-13-4-2-3-5-15(13)18-16(11-20)19(12)14-6-8-17-9-7-14/h2-5,11-12,14,16-18H,6-10H2,1H3. The van der Waals surface area contributed by atoms with Crippen molar-refractivity contribution in [3.8, 4) is 0 Å². The molecule has 1 aromatic rings. The SMILES string of the molecule is CC1Cc2ccccc2NC(C=O)N1C1CCNCC1. The zero-order valence-electron chi connectivity index (χ0n) is 12.0. The summed E-state index contributed by atoms with van der Waals surface area (Å²) in [5.41, 5.74) is 2.41. The lowest BCUT2D eigenvalue weighted by molar-refractivity contribution is -0.113. The van der Waals surface area contributed by atoms with Gasteiger partial charge in [-0.2, -0.15) is 0 Å². The Bertz CT molecular complexity index is 471. The first-order valence-electron chi connectivity index (χ1n) is 7.57. The van der Waals surface area contributed by atoms with Gasteiger partial charge in [-0.15, -0.1) is 0 Å². The Morgan fingerprint density at radius 2 is 2.00 bits per heavy atom. The summed E-state index contributed by atoms with van der Waals surface area (Å²) in [6.07, 6.45) is 4.08. The summed E-state index contributed by atoms with van der Waals surface area (Å²) in [7, 11) is 0. The van der Waals surface area contributed by atoms with Gasteiger partial charge in [0.15, 0.2) is 6.29 Å². The fourth-order valence-electron chi connectivity index (χ4n) is 3.57. The Balaban J connectivity index is 1.88. The molecule has 0 radical (unpaired) electrons. The van der Waals surface area contributed by atoms with Crippen LogP contribution in [0.3, 0.4) is 0 Å². The molecule has 1 saturated heterocycles. The maximum Gasteiger partial charge on any atom is 0.157 e. The first-order valence-corrected chi connectivity index (χ1v) is 7.57. The number of aldehydes is 1. The molecule has 4 nitrogen and oxygen atoms in total. The molecule has 1 fully saturated rings. The second-order valence-electron chi connectivity index (χ2n) is 5.86. The Hall–Kier alpha value is -1.39. The van der Waals surface area contributed by atoms with Gasteiger partial charge in [-0.25, -0.2) is 0 Å². The molecule has 108 valence electrons. The molecule has 2 N–H and O–H groups in total. The van der Waals surface area contributed by atoms with Gasteiger partial charge in [0, 0.05) is 17.8 Å². The molecule has 0 aliphatic carbocycles. The first kappa shape index (κ1) is 13.6. The number of nitrogens with one attached hydrogen (secondary N) is 2. The van der Waals surface area contributed by atoms with Crippen molar-refractivity contribution in [1.82, 2.24) is 10.2 Å². The van der Waals surface area contributed by atoms with Gasteiger partial charge in [0.25, 0.3) is 0 Å². The van der Waals surface area contributed by atoms with Crippen LogP contribution >= 0.6 is 0 Å². The highest BCUT2D eigenvalue weighted by atomic mass is 16.1. The molecule has 2 aliphatic heterocycles. The minimum atomic E-state index is -0.211. The van der Waals surface area contributed by atoms with E-state index in [0.29, 0.717) is 12.1 Å². The average Bonchev–Trinajstić information content (AvgIpc) is 2.63. The number of carbonyl (C=O) groups is 1. The molecule has 2 atom stereocenters. The van der Waals surface area contributed by atoms with Crippen LogP contribution < -0.4 is 10.6 Å². The molecular weight excluding hydrogens is 250 g/mol. The summed E-state index contributed by atoms with van der Waals surface area (Å²) in [4.78, 5) is 14.0. The third kappa shape index (κ3) is 2.58. The van der Waals surface area contributed by atoms with E-state index in [2.05, 4.69) is 40.7 Å². The van der Waals surface area contributed by atoms with Crippen molar-refractivity contribution in [2.75, 3.05) is 18.4 Å². The van der Waals surface area contributed by atoms with E-state index >= 15 is 0 Å². The summed E-state index contributed by atoms with van der Waals surface area (Å²) in [5, 5.41) is 6.82. The van der Waals surface area contributed by atoms with E-state index in [1.165, 1.54) is 5.56 Å². The van der Waals surface area contributed by atoms with Crippen molar-refractivity contribution in [3.63, 3.8) is 0 Å². The van der Waals surface area contributed by atoms with Crippen LogP contribution in [-0.4, -0.2) is 42.5 Å². The number of rotatable bonds is 2. The summed E-state index contributed by atoms with van der Waals surface area (Å²) in [6, 6.07) is 9.20. The van der Waals surface area contributed by atoms with Gasteiger partial charge in [-0.05, 0) is 50.9 Å². The molecule has 0 aromatic heterocycles.